The average molecular weight is 294 g/mol. The maximum Gasteiger partial charge on any atom is 0.0595 e. The lowest BCUT2D eigenvalue weighted by Gasteiger charge is -2.17. The fourth-order valence-electron chi connectivity index (χ4n) is 2.17. The van der Waals surface area contributed by atoms with E-state index in [1.165, 1.54) is 11.1 Å². The van der Waals surface area contributed by atoms with E-state index in [1.54, 1.807) is 0 Å². The van der Waals surface area contributed by atoms with Crippen LogP contribution in [0.1, 0.15) is 29.7 Å². The number of hydrogen-bond acceptors (Lipinski definition) is 1. The number of hydrogen-bond donors (Lipinski definition) is 1. The number of halogens is 2. The van der Waals surface area contributed by atoms with Crippen molar-refractivity contribution in [1.82, 2.24) is 0 Å². The van der Waals surface area contributed by atoms with Gasteiger partial charge in [0.15, 0.2) is 0 Å². The Labute approximate surface area is 124 Å². The minimum absolute atomic E-state index is 0.177. The molecule has 19 heavy (non-hydrogen) atoms. The average Bonchev–Trinajstić information content (AvgIpc) is 2.31. The molecular formula is C16H17Cl2N. The number of benzene rings is 2. The summed E-state index contributed by atoms with van der Waals surface area (Å²) in [4.78, 5) is 0. The van der Waals surface area contributed by atoms with Gasteiger partial charge in [0.25, 0.3) is 0 Å². The highest BCUT2D eigenvalue weighted by molar-refractivity contribution is 6.42. The first-order chi connectivity index (χ1) is 8.95. The minimum atomic E-state index is 0.177. The predicted molar refractivity (Wildman–Crippen MR) is 84.4 cm³/mol. The standard InChI is InChI=1S/C16H17Cl2N/c1-10-6-11(2)8-14(7-10)19-12(3)13-4-5-15(17)16(18)9-13/h4-9,12,19H,1-3H3. The zero-order valence-corrected chi connectivity index (χ0v) is 12.8. The van der Waals surface area contributed by atoms with Crippen molar-refractivity contribution in [2.45, 2.75) is 26.8 Å². The van der Waals surface area contributed by atoms with Gasteiger partial charge in [0, 0.05) is 11.7 Å². The summed E-state index contributed by atoms with van der Waals surface area (Å²) >= 11 is 12.0. The lowest BCUT2D eigenvalue weighted by atomic mass is 10.1. The smallest absolute Gasteiger partial charge is 0.0595 e. The minimum Gasteiger partial charge on any atom is -0.379 e. The largest absolute Gasteiger partial charge is 0.379 e. The molecule has 0 amide bonds. The van der Waals surface area contributed by atoms with Crippen molar-refractivity contribution in [2.75, 3.05) is 5.32 Å². The lowest BCUT2D eigenvalue weighted by molar-refractivity contribution is 0.884. The second-order valence-electron chi connectivity index (χ2n) is 4.92. The normalized spacial score (nSPS) is 12.3. The molecule has 100 valence electrons. The summed E-state index contributed by atoms with van der Waals surface area (Å²) in [6, 6.07) is 12.4. The highest BCUT2D eigenvalue weighted by Crippen LogP contribution is 2.27. The Morgan fingerprint density at radius 2 is 1.53 bits per heavy atom. The Bertz CT molecular complexity index is 573. The zero-order valence-electron chi connectivity index (χ0n) is 11.3. The van der Waals surface area contributed by atoms with Gasteiger partial charge in [0.1, 0.15) is 0 Å². The van der Waals surface area contributed by atoms with Gasteiger partial charge in [-0.1, -0.05) is 35.3 Å². The van der Waals surface area contributed by atoms with Crippen LogP contribution < -0.4 is 5.32 Å². The van der Waals surface area contributed by atoms with E-state index < -0.39 is 0 Å². The summed E-state index contributed by atoms with van der Waals surface area (Å²) in [6.07, 6.45) is 0. The van der Waals surface area contributed by atoms with Crippen LogP contribution in [0.4, 0.5) is 5.69 Å². The monoisotopic (exact) mass is 293 g/mol. The van der Waals surface area contributed by atoms with E-state index in [2.05, 4.69) is 44.3 Å². The molecular weight excluding hydrogens is 277 g/mol. The number of aryl methyl sites for hydroxylation is 2. The molecule has 3 heteroatoms. The van der Waals surface area contributed by atoms with Gasteiger partial charge in [0.2, 0.25) is 0 Å². The van der Waals surface area contributed by atoms with Crippen molar-refractivity contribution in [1.29, 1.82) is 0 Å². The predicted octanol–water partition coefficient (Wildman–Crippen LogP) is 5.78. The maximum absolute atomic E-state index is 6.05. The highest BCUT2D eigenvalue weighted by Gasteiger charge is 2.08. The molecule has 2 aromatic rings. The second-order valence-corrected chi connectivity index (χ2v) is 5.73. The van der Waals surface area contributed by atoms with Crippen LogP contribution in [0.3, 0.4) is 0 Å². The molecule has 0 aliphatic carbocycles. The first-order valence-electron chi connectivity index (χ1n) is 6.25. The Morgan fingerprint density at radius 1 is 0.895 bits per heavy atom. The molecule has 1 unspecified atom stereocenters. The molecule has 2 aromatic carbocycles. The molecule has 0 radical (unpaired) electrons. The van der Waals surface area contributed by atoms with E-state index in [0.717, 1.165) is 11.3 Å². The van der Waals surface area contributed by atoms with Crippen LogP contribution >= 0.6 is 23.2 Å². The van der Waals surface area contributed by atoms with E-state index in [4.69, 9.17) is 23.2 Å². The number of rotatable bonds is 3. The number of nitrogens with one attached hydrogen (secondary N) is 1. The van der Waals surface area contributed by atoms with Gasteiger partial charge in [-0.15, -0.1) is 0 Å². The highest BCUT2D eigenvalue weighted by atomic mass is 35.5. The first kappa shape index (κ1) is 14.2. The van der Waals surface area contributed by atoms with Crippen LogP contribution in [-0.4, -0.2) is 0 Å². The van der Waals surface area contributed by atoms with Crippen molar-refractivity contribution in [3.8, 4) is 0 Å². The van der Waals surface area contributed by atoms with E-state index in [1.807, 2.05) is 18.2 Å². The second kappa shape index (κ2) is 5.85. The SMILES string of the molecule is Cc1cc(C)cc(NC(C)c2ccc(Cl)c(Cl)c2)c1. The van der Waals surface area contributed by atoms with Gasteiger partial charge in [-0.2, -0.15) is 0 Å². The molecule has 0 bridgehead atoms. The van der Waals surface area contributed by atoms with Gasteiger partial charge in [-0.25, -0.2) is 0 Å². The Kier molecular flexibility index (Phi) is 4.38. The topological polar surface area (TPSA) is 12.0 Å². The summed E-state index contributed by atoms with van der Waals surface area (Å²) in [5.74, 6) is 0. The first-order valence-corrected chi connectivity index (χ1v) is 7.01. The van der Waals surface area contributed by atoms with E-state index in [0.29, 0.717) is 10.0 Å². The summed E-state index contributed by atoms with van der Waals surface area (Å²) in [5.41, 5.74) is 4.75. The van der Waals surface area contributed by atoms with Crippen LogP contribution in [0.25, 0.3) is 0 Å². The van der Waals surface area contributed by atoms with Gasteiger partial charge in [-0.05, 0) is 61.7 Å². The van der Waals surface area contributed by atoms with Crippen LogP contribution in [-0.2, 0) is 0 Å². The molecule has 0 saturated carbocycles. The van der Waals surface area contributed by atoms with Crippen LogP contribution in [0, 0.1) is 13.8 Å². The van der Waals surface area contributed by atoms with Gasteiger partial charge in [0.05, 0.1) is 10.0 Å². The third kappa shape index (κ3) is 3.65. The molecule has 1 nitrogen and oxygen atoms in total. The number of anilines is 1. The van der Waals surface area contributed by atoms with Gasteiger partial charge < -0.3 is 5.32 Å². The van der Waals surface area contributed by atoms with Crippen LogP contribution in [0.2, 0.25) is 10.0 Å². The molecule has 0 saturated heterocycles. The molecule has 0 aliphatic rings. The summed E-state index contributed by atoms with van der Waals surface area (Å²) in [6.45, 7) is 6.31. The van der Waals surface area contributed by atoms with E-state index >= 15 is 0 Å². The molecule has 0 heterocycles. The molecule has 0 spiro atoms. The summed E-state index contributed by atoms with van der Waals surface area (Å²) in [5, 5.41) is 4.66. The lowest BCUT2D eigenvalue weighted by Crippen LogP contribution is -2.06. The quantitative estimate of drug-likeness (QED) is 0.756. The Hall–Kier alpha value is -1.18. The fraction of sp³-hybridized carbons (Fsp3) is 0.250. The van der Waals surface area contributed by atoms with Crippen molar-refractivity contribution < 1.29 is 0 Å². The van der Waals surface area contributed by atoms with Crippen molar-refractivity contribution in [3.05, 3.63) is 63.1 Å². The maximum atomic E-state index is 6.05. The summed E-state index contributed by atoms with van der Waals surface area (Å²) in [7, 11) is 0. The third-order valence-corrected chi connectivity index (χ3v) is 3.79. The van der Waals surface area contributed by atoms with Crippen molar-refractivity contribution in [3.63, 3.8) is 0 Å². The van der Waals surface area contributed by atoms with E-state index in [-0.39, 0.29) is 6.04 Å². The molecule has 0 fully saturated rings. The molecule has 1 N–H and O–H groups in total. The fourth-order valence-corrected chi connectivity index (χ4v) is 2.48. The van der Waals surface area contributed by atoms with Gasteiger partial charge in [-0.3, -0.25) is 0 Å². The van der Waals surface area contributed by atoms with Crippen molar-refractivity contribution in [2.24, 2.45) is 0 Å². The van der Waals surface area contributed by atoms with E-state index in [9.17, 15) is 0 Å². The Balaban J connectivity index is 2.20. The van der Waals surface area contributed by atoms with Crippen LogP contribution in [0.5, 0.6) is 0 Å². The zero-order chi connectivity index (χ0) is 14.0. The molecule has 1 atom stereocenters. The molecule has 2 rings (SSSR count). The van der Waals surface area contributed by atoms with Crippen LogP contribution in [0.15, 0.2) is 36.4 Å². The summed E-state index contributed by atoms with van der Waals surface area (Å²) < 4.78 is 0. The molecule has 0 aromatic heterocycles. The third-order valence-electron chi connectivity index (χ3n) is 3.05. The Morgan fingerprint density at radius 3 is 2.11 bits per heavy atom. The van der Waals surface area contributed by atoms with Gasteiger partial charge >= 0.3 is 0 Å². The van der Waals surface area contributed by atoms with Crippen molar-refractivity contribution >= 4 is 28.9 Å². The molecule has 0 aliphatic heterocycles.